The first-order chi connectivity index (χ1) is 8.74. The zero-order valence-corrected chi connectivity index (χ0v) is 11.5. The smallest absolute Gasteiger partial charge is 0.191 e. The van der Waals surface area contributed by atoms with Gasteiger partial charge in [-0.05, 0) is 56.0 Å². The van der Waals surface area contributed by atoms with Crippen molar-refractivity contribution >= 4 is 28.7 Å². The maximum atomic E-state index is 5.20. The van der Waals surface area contributed by atoms with Gasteiger partial charge in [-0.1, -0.05) is 25.1 Å². The molecule has 0 amide bonds. The van der Waals surface area contributed by atoms with Gasteiger partial charge in [0.25, 0.3) is 0 Å². The Hall–Kier alpha value is -1.42. The minimum atomic E-state index is 0.548. The Labute approximate surface area is 114 Å². The van der Waals surface area contributed by atoms with Gasteiger partial charge in [0.05, 0.1) is 0 Å². The molecule has 1 fully saturated rings. The lowest BCUT2D eigenvalue weighted by Gasteiger charge is -2.19. The Morgan fingerprint density at radius 1 is 1.33 bits per heavy atom. The molecule has 0 aliphatic heterocycles. The number of nitrogens with zero attached hydrogens (tertiary/aromatic N) is 1. The van der Waals surface area contributed by atoms with Crippen LogP contribution < -0.4 is 10.7 Å². The summed E-state index contributed by atoms with van der Waals surface area (Å²) in [6, 6.07) is 9.87. The van der Waals surface area contributed by atoms with E-state index in [1.807, 2.05) is 30.3 Å². The second-order valence-electron chi connectivity index (χ2n) is 4.81. The van der Waals surface area contributed by atoms with Crippen LogP contribution in [-0.2, 0) is 0 Å². The van der Waals surface area contributed by atoms with Crippen molar-refractivity contribution in [2.75, 3.05) is 5.32 Å². The Bertz CT molecular complexity index is 428. The number of nitrogens with one attached hydrogen (secondary N) is 2. The second kappa shape index (κ2) is 6.50. The van der Waals surface area contributed by atoms with E-state index in [-0.39, 0.29) is 0 Å². The van der Waals surface area contributed by atoms with E-state index in [1.165, 1.54) is 18.6 Å². The largest absolute Gasteiger partial charge is 0.331 e. The fourth-order valence-corrected chi connectivity index (χ4v) is 2.34. The third kappa shape index (κ3) is 4.11. The Morgan fingerprint density at radius 2 is 2.11 bits per heavy atom. The van der Waals surface area contributed by atoms with Gasteiger partial charge in [-0.2, -0.15) is 5.10 Å². The standard InChI is InChI=1S/C14H19N3S/c1-11-6-5-9-13(10-11)16-17-14(18)15-12-7-3-2-4-8-12/h2-4,7-8,11H,5-6,9-10H2,1H3,(H2,15,17,18). The molecule has 0 bridgehead atoms. The number of hydrazone groups is 1. The number of thiocarbonyl (C=S) groups is 1. The molecule has 1 saturated carbocycles. The van der Waals surface area contributed by atoms with E-state index in [0.29, 0.717) is 5.11 Å². The molecule has 1 aromatic rings. The van der Waals surface area contributed by atoms with Gasteiger partial charge in [-0.3, -0.25) is 5.43 Å². The molecule has 96 valence electrons. The van der Waals surface area contributed by atoms with Crippen LogP contribution in [0.15, 0.2) is 35.4 Å². The maximum absolute atomic E-state index is 5.20. The van der Waals surface area contributed by atoms with E-state index in [2.05, 4.69) is 22.8 Å². The molecule has 0 radical (unpaired) electrons. The average Bonchev–Trinajstić information content (AvgIpc) is 2.38. The zero-order valence-electron chi connectivity index (χ0n) is 10.6. The molecule has 2 N–H and O–H groups in total. The molecule has 0 saturated heterocycles. The first-order valence-electron chi connectivity index (χ1n) is 6.41. The van der Waals surface area contributed by atoms with Crippen molar-refractivity contribution in [1.29, 1.82) is 0 Å². The first-order valence-corrected chi connectivity index (χ1v) is 6.82. The predicted octanol–water partition coefficient (Wildman–Crippen LogP) is 3.54. The Balaban J connectivity index is 1.83. The Kier molecular flexibility index (Phi) is 4.70. The van der Waals surface area contributed by atoms with E-state index < -0.39 is 0 Å². The summed E-state index contributed by atoms with van der Waals surface area (Å²) in [7, 11) is 0. The van der Waals surface area contributed by atoms with Crippen molar-refractivity contribution in [2.45, 2.75) is 32.6 Å². The lowest BCUT2D eigenvalue weighted by atomic mass is 9.89. The molecule has 0 heterocycles. The van der Waals surface area contributed by atoms with E-state index >= 15 is 0 Å². The van der Waals surface area contributed by atoms with Crippen molar-refractivity contribution in [3.05, 3.63) is 30.3 Å². The number of rotatable bonds is 2. The van der Waals surface area contributed by atoms with Gasteiger partial charge in [0.2, 0.25) is 0 Å². The van der Waals surface area contributed by atoms with Gasteiger partial charge >= 0.3 is 0 Å². The van der Waals surface area contributed by atoms with Gasteiger partial charge in [0.1, 0.15) is 0 Å². The van der Waals surface area contributed by atoms with Crippen LogP contribution in [0.3, 0.4) is 0 Å². The number of hydrogen-bond donors (Lipinski definition) is 2. The van der Waals surface area contributed by atoms with Crippen LogP contribution in [-0.4, -0.2) is 10.8 Å². The number of anilines is 1. The minimum Gasteiger partial charge on any atom is -0.331 e. The second-order valence-corrected chi connectivity index (χ2v) is 5.22. The highest BCUT2D eigenvalue weighted by atomic mass is 32.1. The summed E-state index contributed by atoms with van der Waals surface area (Å²) in [6.45, 7) is 2.27. The SMILES string of the molecule is CC1CCCC(=NNC(=S)Nc2ccccc2)C1. The molecule has 4 heteroatoms. The van der Waals surface area contributed by atoms with Crippen molar-refractivity contribution in [1.82, 2.24) is 5.43 Å². The normalized spacial score (nSPS) is 21.6. The van der Waals surface area contributed by atoms with Crippen LogP contribution in [0.25, 0.3) is 0 Å². The summed E-state index contributed by atoms with van der Waals surface area (Å²) in [5.41, 5.74) is 5.14. The lowest BCUT2D eigenvalue weighted by molar-refractivity contribution is 0.498. The van der Waals surface area contributed by atoms with Crippen molar-refractivity contribution in [3.63, 3.8) is 0 Å². The first kappa shape index (κ1) is 13.0. The molecule has 0 aromatic heterocycles. The van der Waals surface area contributed by atoms with E-state index in [9.17, 15) is 0 Å². The molecular formula is C14H19N3S. The highest BCUT2D eigenvalue weighted by Crippen LogP contribution is 2.20. The molecule has 1 aliphatic rings. The molecule has 1 aromatic carbocycles. The van der Waals surface area contributed by atoms with Crippen molar-refractivity contribution in [2.24, 2.45) is 11.0 Å². The third-order valence-electron chi connectivity index (χ3n) is 3.09. The third-order valence-corrected chi connectivity index (χ3v) is 3.29. The van der Waals surface area contributed by atoms with Gasteiger partial charge < -0.3 is 5.32 Å². The lowest BCUT2D eigenvalue weighted by Crippen LogP contribution is -2.26. The summed E-state index contributed by atoms with van der Waals surface area (Å²) in [6.07, 6.45) is 4.72. The van der Waals surface area contributed by atoms with E-state index in [4.69, 9.17) is 12.2 Å². The summed E-state index contributed by atoms with van der Waals surface area (Å²) >= 11 is 5.20. The van der Waals surface area contributed by atoms with E-state index in [1.54, 1.807) is 0 Å². The van der Waals surface area contributed by atoms with Gasteiger partial charge in [0, 0.05) is 11.4 Å². The van der Waals surface area contributed by atoms with Gasteiger partial charge in [-0.15, -0.1) is 0 Å². The van der Waals surface area contributed by atoms with Gasteiger partial charge in [0.15, 0.2) is 5.11 Å². The van der Waals surface area contributed by atoms with Crippen molar-refractivity contribution in [3.8, 4) is 0 Å². The zero-order chi connectivity index (χ0) is 12.8. The summed E-state index contributed by atoms with van der Waals surface area (Å²) < 4.78 is 0. The number of benzene rings is 1. The Morgan fingerprint density at radius 3 is 2.83 bits per heavy atom. The molecular weight excluding hydrogens is 242 g/mol. The average molecular weight is 261 g/mol. The molecule has 0 spiro atoms. The van der Waals surface area contributed by atoms with Gasteiger partial charge in [-0.25, -0.2) is 0 Å². The van der Waals surface area contributed by atoms with E-state index in [0.717, 1.165) is 24.4 Å². The molecule has 1 unspecified atom stereocenters. The minimum absolute atomic E-state index is 0.548. The van der Waals surface area contributed by atoms with Crippen LogP contribution in [0.5, 0.6) is 0 Å². The van der Waals surface area contributed by atoms with Crippen molar-refractivity contribution < 1.29 is 0 Å². The highest BCUT2D eigenvalue weighted by Gasteiger charge is 2.13. The number of para-hydroxylation sites is 1. The maximum Gasteiger partial charge on any atom is 0.191 e. The molecule has 18 heavy (non-hydrogen) atoms. The summed E-state index contributed by atoms with van der Waals surface area (Å²) in [4.78, 5) is 0. The molecule has 3 nitrogen and oxygen atoms in total. The molecule has 1 aliphatic carbocycles. The van der Waals surface area contributed by atoms with Crippen LogP contribution in [0.4, 0.5) is 5.69 Å². The van der Waals surface area contributed by atoms with Crippen LogP contribution in [0, 0.1) is 5.92 Å². The predicted molar refractivity (Wildman–Crippen MR) is 80.9 cm³/mol. The fourth-order valence-electron chi connectivity index (χ4n) is 2.17. The highest BCUT2D eigenvalue weighted by molar-refractivity contribution is 7.80. The monoisotopic (exact) mass is 261 g/mol. The molecule has 2 rings (SSSR count). The van der Waals surface area contributed by atoms with Crippen LogP contribution in [0.1, 0.15) is 32.6 Å². The number of hydrogen-bond acceptors (Lipinski definition) is 2. The van der Waals surface area contributed by atoms with Crippen LogP contribution in [0.2, 0.25) is 0 Å². The quantitative estimate of drug-likeness (QED) is 0.631. The summed E-state index contributed by atoms with van der Waals surface area (Å²) in [5.74, 6) is 0.745. The molecule has 1 atom stereocenters. The van der Waals surface area contributed by atoms with Crippen LogP contribution >= 0.6 is 12.2 Å². The topological polar surface area (TPSA) is 36.4 Å². The fraction of sp³-hybridized carbons (Fsp3) is 0.429. The summed E-state index contributed by atoms with van der Waals surface area (Å²) in [5, 5.41) is 8.05.